The molecule has 3 rings (SSSR count). The molecule has 0 saturated carbocycles. The van der Waals surface area contributed by atoms with Crippen LogP contribution in [0.4, 0.5) is 5.69 Å². The lowest BCUT2D eigenvalue weighted by Gasteiger charge is -2.14. The van der Waals surface area contributed by atoms with Crippen LogP contribution >= 0.6 is 43.5 Å². The highest BCUT2D eigenvalue weighted by Crippen LogP contribution is 2.31. The standard InChI is InChI=1S/C20H18Br2ClN5O2/c1-20(2,3)16-9-15(28(27-16)18-14(23)5-4-6-24-18)19(29)26-17-11(10-25-30)7-12(21)8-13(17)22/h4-10,30H,1-3H3,(H,26,29)/b25-10+. The molecular formula is C20H18Br2ClN5O2. The van der Waals surface area contributed by atoms with Crippen LogP contribution in [0.25, 0.3) is 5.82 Å². The number of hydrogen-bond donors (Lipinski definition) is 2. The molecule has 0 aliphatic carbocycles. The predicted molar refractivity (Wildman–Crippen MR) is 124 cm³/mol. The van der Waals surface area contributed by atoms with Crippen LogP contribution in [-0.2, 0) is 5.41 Å². The molecular weight excluding hydrogens is 538 g/mol. The van der Waals surface area contributed by atoms with Crippen LogP contribution in [0.2, 0.25) is 5.02 Å². The van der Waals surface area contributed by atoms with Crippen molar-refractivity contribution in [1.29, 1.82) is 0 Å². The maximum absolute atomic E-state index is 13.3. The van der Waals surface area contributed by atoms with Crippen molar-refractivity contribution >= 4 is 61.3 Å². The molecule has 0 aliphatic heterocycles. The van der Waals surface area contributed by atoms with E-state index < -0.39 is 5.91 Å². The van der Waals surface area contributed by atoms with E-state index in [0.29, 0.717) is 32.3 Å². The van der Waals surface area contributed by atoms with Gasteiger partial charge in [0.2, 0.25) is 0 Å². The van der Waals surface area contributed by atoms with E-state index >= 15 is 0 Å². The van der Waals surface area contributed by atoms with Crippen LogP contribution < -0.4 is 5.32 Å². The molecule has 0 aliphatic rings. The molecule has 3 aromatic rings. The Balaban J connectivity index is 2.11. The van der Waals surface area contributed by atoms with E-state index in [1.807, 2.05) is 20.8 Å². The summed E-state index contributed by atoms with van der Waals surface area (Å²) in [4.78, 5) is 17.6. The third kappa shape index (κ3) is 4.74. The fraction of sp³-hybridized carbons (Fsp3) is 0.200. The average Bonchev–Trinajstić information content (AvgIpc) is 3.11. The number of amides is 1. The van der Waals surface area contributed by atoms with Crippen LogP contribution in [-0.4, -0.2) is 32.1 Å². The van der Waals surface area contributed by atoms with Crippen molar-refractivity contribution in [2.75, 3.05) is 5.32 Å². The van der Waals surface area contributed by atoms with Gasteiger partial charge >= 0.3 is 0 Å². The summed E-state index contributed by atoms with van der Waals surface area (Å²) in [5.41, 5.74) is 1.63. The van der Waals surface area contributed by atoms with Gasteiger partial charge in [-0.2, -0.15) is 5.10 Å². The van der Waals surface area contributed by atoms with Gasteiger partial charge in [-0.05, 0) is 46.3 Å². The first-order valence-corrected chi connectivity index (χ1v) is 10.8. The van der Waals surface area contributed by atoms with Crippen molar-refractivity contribution in [2.24, 2.45) is 5.16 Å². The zero-order valence-corrected chi connectivity index (χ0v) is 20.2. The van der Waals surface area contributed by atoms with Crippen molar-refractivity contribution in [3.63, 3.8) is 0 Å². The molecule has 2 N–H and O–H groups in total. The molecule has 156 valence electrons. The summed E-state index contributed by atoms with van der Waals surface area (Å²) in [5, 5.41) is 19.9. The minimum absolute atomic E-state index is 0.266. The van der Waals surface area contributed by atoms with Gasteiger partial charge in [-0.1, -0.05) is 53.5 Å². The first-order chi connectivity index (χ1) is 14.1. The number of nitrogens with zero attached hydrogens (tertiary/aromatic N) is 4. The Morgan fingerprint density at radius 2 is 2.03 bits per heavy atom. The topological polar surface area (TPSA) is 92.4 Å². The summed E-state index contributed by atoms with van der Waals surface area (Å²) >= 11 is 13.1. The number of hydrogen-bond acceptors (Lipinski definition) is 5. The van der Waals surface area contributed by atoms with Crippen molar-refractivity contribution in [3.05, 3.63) is 67.4 Å². The quantitative estimate of drug-likeness (QED) is 0.242. The second-order valence-corrected chi connectivity index (χ2v) is 9.61. The van der Waals surface area contributed by atoms with Crippen LogP contribution in [0.15, 0.2) is 50.6 Å². The minimum atomic E-state index is -0.421. The van der Waals surface area contributed by atoms with E-state index in [-0.39, 0.29) is 11.1 Å². The van der Waals surface area contributed by atoms with E-state index in [1.165, 1.54) is 10.9 Å². The van der Waals surface area contributed by atoms with Crippen molar-refractivity contribution in [1.82, 2.24) is 14.8 Å². The van der Waals surface area contributed by atoms with Crippen LogP contribution in [0.5, 0.6) is 0 Å². The largest absolute Gasteiger partial charge is 0.411 e. The van der Waals surface area contributed by atoms with Gasteiger partial charge in [0.25, 0.3) is 5.91 Å². The lowest BCUT2D eigenvalue weighted by molar-refractivity contribution is 0.101. The van der Waals surface area contributed by atoms with E-state index in [0.717, 1.165) is 4.47 Å². The lowest BCUT2D eigenvalue weighted by Crippen LogP contribution is -2.19. The Kier molecular flexibility index (Phi) is 6.64. The van der Waals surface area contributed by atoms with Gasteiger partial charge in [-0.15, -0.1) is 0 Å². The number of carbonyl (C=O) groups excluding carboxylic acids is 1. The van der Waals surface area contributed by atoms with Gasteiger partial charge in [0.05, 0.1) is 22.6 Å². The highest BCUT2D eigenvalue weighted by atomic mass is 79.9. The van der Waals surface area contributed by atoms with Crippen LogP contribution in [0.3, 0.4) is 0 Å². The van der Waals surface area contributed by atoms with E-state index in [1.54, 1.807) is 36.5 Å². The summed E-state index contributed by atoms with van der Waals surface area (Å²) < 4.78 is 2.80. The highest BCUT2D eigenvalue weighted by molar-refractivity contribution is 9.11. The number of anilines is 1. The summed E-state index contributed by atoms with van der Waals surface area (Å²) in [6.45, 7) is 6.01. The molecule has 0 saturated heterocycles. The highest BCUT2D eigenvalue weighted by Gasteiger charge is 2.25. The number of carbonyl (C=O) groups is 1. The Labute approximate surface area is 195 Å². The lowest BCUT2D eigenvalue weighted by atomic mass is 9.92. The molecule has 2 heterocycles. The average molecular weight is 556 g/mol. The first kappa shape index (κ1) is 22.5. The van der Waals surface area contributed by atoms with Crippen molar-refractivity contribution in [3.8, 4) is 5.82 Å². The molecule has 0 bridgehead atoms. The third-order valence-corrected chi connectivity index (χ3v) is 5.55. The molecule has 0 fully saturated rings. The molecule has 10 heteroatoms. The Morgan fingerprint density at radius 3 is 2.67 bits per heavy atom. The molecule has 1 aromatic carbocycles. The first-order valence-electron chi connectivity index (χ1n) is 8.81. The second kappa shape index (κ2) is 8.87. The minimum Gasteiger partial charge on any atom is -0.411 e. The van der Waals surface area contributed by atoms with E-state index in [4.69, 9.17) is 16.8 Å². The monoisotopic (exact) mass is 553 g/mol. The number of oxime groups is 1. The Hall–Kier alpha value is -2.23. The smallest absolute Gasteiger partial charge is 0.274 e. The molecule has 0 unspecified atom stereocenters. The summed E-state index contributed by atoms with van der Waals surface area (Å²) in [5.74, 6) is -0.0674. The summed E-state index contributed by atoms with van der Waals surface area (Å²) in [6.07, 6.45) is 2.82. The number of halogens is 3. The molecule has 7 nitrogen and oxygen atoms in total. The molecule has 0 atom stereocenters. The van der Waals surface area contributed by atoms with Gasteiger partial charge in [-0.3, -0.25) is 4.79 Å². The number of rotatable bonds is 4. The zero-order chi connectivity index (χ0) is 22.1. The maximum atomic E-state index is 13.3. The molecule has 1 amide bonds. The number of aromatic nitrogens is 3. The normalized spacial score (nSPS) is 11.8. The maximum Gasteiger partial charge on any atom is 0.274 e. The molecule has 0 spiro atoms. The fourth-order valence-electron chi connectivity index (χ4n) is 2.67. The van der Waals surface area contributed by atoms with Gasteiger partial charge in [-0.25, -0.2) is 9.67 Å². The number of nitrogens with one attached hydrogen (secondary N) is 1. The molecule has 30 heavy (non-hydrogen) atoms. The number of benzene rings is 1. The SMILES string of the molecule is CC(C)(C)c1cc(C(=O)Nc2c(Br)cc(Br)cc2/C=N/O)n(-c2ncccc2Cl)n1. The summed E-state index contributed by atoms with van der Waals surface area (Å²) in [6, 6.07) is 8.60. The third-order valence-electron chi connectivity index (χ3n) is 4.17. The van der Waals surface area contributed by atoms with Crippen LogP contribution in [0.1, 0.15) is 42.5 Å². The number of pyridine rings is 1. The zero-order valence-electron chi connectivity index (χ0n) is 16.3. The fourth-order valence-corrected chi connectivity index (χ4v) is 4.23. The molecule has 2 aromatic heterocycles. The van der Waals surface area contributed by atoms with E-state index in [2.05, 4.69) is 52.4 Å². The van der Waals surface area contributed by atoms with Gasteiger partial charge < -0.3 is 10.5 Å². The van der Waals surface area contributed by atoms with Crippen molar-refractivity contribution < 1.29 is 10.0 Å². The second-order valence-electron chi connectivity index (χ2n) is 7.44. The predicted octanol–water partition coefficient (Wildman–Crippen LogP) is 5.80. The molecule has 0 radical (unpaired) electrons. The Bertz CT molecular complexity index is 1140. The summed E-state index contributed by atoms with van der Waals surface area (Å²) in [7, 11) is 0. The van der Waals surface area contributed by atoms with E-state index in [9.17, 15) is 4.79 Å². The van der Waals surface area contributed by atoms with Crippen LogP contribution in [0, 0.1) is 0 Å². The van der Waals surface area contributed by atoms with Gasteiger partial charge in [0.15, 0.2) is 5.82 Å². The Morgan fingerprint density at radius 1 is 1.30 bits per heavy atom. The van der Waals surface area contributed by atoms with Gasteiger partial charge in [0, 0.05) is 26.1 Å². The van der Waals surface area contributed by atoms with Gasteiger partial charge in [0.1, 0.15) is 5.69 Å². The van der Waals surface area contributed by atoms with Crippen molar-refractivity contribution in [2.45, 2.75) is 26.2 Å².